The molecule has 1 amide bonds. The Balaban J connectivity index is 1.18. The molecule has 0 unspecified atom stereocenters. The normalized spacial score (nSPS) is 26.0. The summed E-state index contributed by atoms with van der Waals surface area (Å²) in [6.45, 7) is 5.35. The molecule has 1 saturated carbocycles. The SMILES string of the molecule is O=C(Nc1ccncc1)c1cccc(N2CC[C@@H](NC[C@@]3(C4CCCC4)CCNC3)C2)n1. The number of carbonyl (C=O) groups excluding carboxylic acids is 1. The molecule has 2 aromatic heterocycles. The summed E-state index contributed by atoms with van der Waals surface area (Å²) in [7, 11) is 0. The molecule has 0 radical (unpaired) electrons. The van der Waals surface area contributed by atoms with Crippen LogP contribution in [-0.2, 0) is 0 Å². The van der Waals surface area contributed by atoms with E-state index in [9.17, 15) is 4.79 Å². The fraction of sp³-hybridized carbons (Fsp3) is 0.560. The number of hydrogen-bond donors (Lipinski definition) is 3. The van der Waals surface area contributed by atoms with Crippen LogP contribution >= 0.6 is 0 Å². The predicted octanol–water partition coefficient (Wildman–Crippen LogP) is 3.07. The van der Waals surface area contributed by atoms with Crippen molar-refractivity contribution < 1.29 is 4.79 Å². The van der Waals surface area contributed by atoms with E-state index in [2.05, 4.69) is 30.8 Å². The number of rotatable bonds is 7. The van der Waals surface area contributed by atoms with Gasteiger partial charge in [-0.05, 0) is 67.8 Å². The Morgan fingerprint density at radius 1 is 1.16 bits per heavy atom. The van der Waals surface area contributed by atoms with Crippen molar-refractivity contribution in [2.45, 2.75) is 44.6 Å². The van der Waals surface area contributed by atoms with Gasteiger partial charge in [-0.1, -0.05) is 18.9 Å². The van der Waals surface area contributed by atoms with Gasteiger partial charge in [-0.25, -0.2) is 4.98 Å². The molecule has 2 aliphatic heterocycles. The Kier molecular flexibility index (Phi) is 6.37. The molecule has 4 heterocycles. The highest BCUT2D eigenvalue weighted by molar-refractivity contribution is 6.03. The predicted molar refractivity (Wildman–Crippen MR) is 127 cm³/mol. The van der Waals surface area contributed by atoms with Crippen LogP contribution < -0.4 is 20.9 Å². The molecule has 2 saturated heterocycles. The van der Waals surface area contributed by atoms with E-state index in [-0.39, 0.29) is 5.91 Å². The van der Waals surface area contributed by atoms with Gasteiger partial charge in [0.05, 0.1) is 0 Å². The fourth-order valence-electron chi connectivity index (χ4n) is 5.78. The summed E-state index contributed by atoms with van der Waals surface area (Å²) in [5.74, 6) is 1.56. The highest BCUT2D eigenvalue weighted by atomic mass is 16.1. The number of nitrogens with one attached hydrogen (secondary N) is 3. The second kappa shape index (κ2) is 9.55. The zero-order chi connectivity index (χ0) is 21.8. The van der Waals surface area contributed by atoms with Gasteiger partial charge in [-0.2, -0.15) is 0 Å². The summed E-state index contributed by atoms with van der Waals surface area (Å²) in [4.78, 5) is 23.6. The molecule has 7 heteroatoms. The average Bonchev–Trinajstić information content (AvgIpc) is 3.61. The van der Waals surface area contributed by atoms with Gasteiger partial charge in [0.15, 0.2) is 0 Å². The molecule has 3 N–H and O–H groups in total. The maximum atomic E-state index is 12.6. The van der Waals surface area contributed by atoms with Crippen LogP contribution in [0.5, 0.6) is 0 Å². The minimum Gasteiger partial charge on any atom is -0.355 e. The molecule has 7 nitrogen and oxygen atoms in total. The van der Waals surface area contributed by atoms with E-state index in [4.69, 9.17) is 0 Å². The second-order valence-corrected chi connectivity index (χ2v) is 9.65. The minimum atomic E-state index is -0.195. The van der Waals surface area contributed by atoms with Crippen molar-refractivity contribution in [3.05, 3.63) is 48.4 Å². The van der Waals surface area contributed by atoms with E-state index in [0.717, 1.165) is 56.6 Å². The third-order valence-electron chi connectivity index (χ3n) is 7.66. The highest BCUT2D eigenvalue weighted by Crippen LogP contribution is 2.43. The Morgan fingerprint density at radius 3 is 2.78 bits per heavy atom. The molecule has 5 rings (SSSR count). The zero-order valence-electron chi connectivity index (χ0n) is 18.7. The third-order valence-corrected chi connectivity index (χ3v) is 7.66. The first-order chi connectivity index (χ1) is 15.7. The highest BCUT2D eigenvalue weighted by Gasteiger charge is 2.42. The van der Waals surface area contributed by atoms with Gasteiger partial charge in [0.2, 0.25) is 0 Å². The average molecular weight is 435 g/mol. The number of hydrogen-bond acceptors (Lipinski definition) is 6. The van der Waals surface area contributed by atoms with Gasteiger partial charge in [0.25, 0.3) is 5.91 Å². The quantitative estimate of drug-likeness (QED) is 0.621. The minimum absolute atomic E-state index is 0.195. The number of aromatic nitrogens is 2. The van der Waals surface area contributed by atoms with E-state index in [1.807, 2.05) is 12.1 Å². The van der Waals surface area contributed by atoms with Crippen LogP contribution in [-0.4, -0.2) is 54.6 Å². The van der Waals surface area contributed by atoms with Crippen LogP contribution in [0.4, 0.5) is 11.5 Å². The second-order valence-electron chi connectivity index (χ2n) is 9.65. The largest absolute Gasteiger partial charge is 0.355 e. The summed E-state index contributed by atoms with van der Waals surface area (Å²) in [6, 6.07) is 9.72. The lowest BCUT2D eigenvalue weighted by molar-refractivity contribution is 0.102. The summed E-state index contributed by atoms with van der Waals surface area (Å²) in [5.41, 5.74) is 1.60. The van der Waals surface area contributed by atoms with Crippen molar-refractivity contribution in [1.29, 1.82) is 0 Å². The Bertz CT molecular complexity index is 908. The molecule has 32 heavy (non-hydrogen) atoms. The van der Waals surface area contributed by atoms with Gasteiger partial charge >= 0.3 is 0 Å². The lowest BCUT2D eigenvalue weighted by atomic mass is 9.73. The van der Waals surface area contributed by atoms with E-state index < -0.39 is 0 Å². The molecule has 2 atom stereocenters. The van der Waals surface area contributed by atoms with Crippen molar-refractivity contribution in [1.82, 2.24) is 20.6 Å². The van der Waals surface area contributed by atoms with Gasteiger partial charge in [-0.15, -0.1) is 0 Å². The van der Waals surface area contributed by atoms with Gasteiger partial charge in [-0.3, -0.25) is 9.78 Å². The first-order valence-corrected chi connectivity index (χ1v) is 12.1. The van der Waals surface area contributed by atoms with Gasteiger partial charge < -0.3 is 20.9 Å². The van der Waals surface area contributed by atoms with Crippen LogP contribution in [0.25, 0.3) is 0 Å². The fourth-order valence-corrected chi connectivity index (χ4v) is 5.78. The van der Waals surface area contributed by atoms with Gasteiger partial charge in [0, 0.05) is 50.3 Å². The lowest BCUT2D eigenvalue weighted by Crippen LogP contribution is -2.45. The smallest absolute Gasteiger partial charge is 0.274 e. The number of nitrogens with zero attached hydrogens (tertiary/aromatic N) is 3. The van der Waals surface area contributed by atoms with Crippen LogP contribution in [0, 0.1) is 11.3 Å². The molecule has 1 aliphatic carbocycles. The maximum absolute atomic E-state index is 12.6. The number of carbonyl (C=O) groups is 1. The lowest BCUT2D eigenvalue weighted by Gasteiger charge is -2.36. The van der Waals surface area contributed by atoms with Gasteiger partial charge in [0.1, 0.15) is 11.5 Å². The maximum Gasteiger partial charge on any atom is 0.274 e. The van der Waals surface area contributed by atoms with E-state index >= 15 is 0 Å². The molecule has 0 aromatic carbocycles. The summed E-state index contributed by atoms with van der Waals surface area (Å²) in [6.07, 6.45) is 11.4. The van der Waals surface area contributed by atoms with E-state index in [1.165, 1.54) is 32.1 Å². The number of amides is 1. The number of pyridine rings is 2. The van der Waals surface area contributed by atoms with E-state index in [1.54, 1.807) is 30.6 Å². The van der Waals surface area contributed by atoms with Crippen LogP contribution in [0.1, 0.15) is 49.0 Å². The van der Waals surface area contributed by atoms with Crippen LogP contribution in [0.15, 0.2) is 42.7 Å². The number of anilines is 2. The Hall–Kier alpha value is -2.51. The van der Waals surface area contributed by atoms with Crippen molar-refractivity contribution in [2.24, 2.45) is 11.3 Å². The molecule has 0 bridgehead atoms. The Morgan fingerprint density at radius 2 is 2.00 bits per heavy atom. The van der Waals surface area contributed by atoms with Crippen molar-refractivity contribution in [2.75, 3.05) is 42.9 Å². The Labute approximate surface area is 190 Å². The molecule has 3 fully saturated rings. The van der Waals surface area contributed by atoms with Crippen molar-refractivity contribution >= 4 is 17.4 Å². The summed E-state index contributed by atoms with van der Waals surface area (Å²) >= 11 is 0. The molecule has 170 valence electrons. The van der Waals surface area contributed by atoms with Crippen LogP contribution in [0.3, 0.4) is 0 Å². The first kappa shape index (κ1) is 21.3. The molecular weight excluding hydrogens is 400 g/mol. The van der Waals surface area contributed by atoms with Crippen molar-refractivity contribution in [3.63, 3.8) is 0 Å². The monoisotopic (exact) mass is 434 g/mol. The molecular formula is C25H34N6O. The summed E-state index contributed by atoms with van der Waals surface area (Å²) in [5, 5.41) is 10.4. The van der Waals surface area contributed by atoms with Crippen molar-refractivity contribution in [3.8, 4) is 0 Å². The first-order valence-electron chi connectivity index (χ1n) is 12.1. The standard InChI is InChI=1S/C25H34N6O/c32-24(29-20-8-12-26-13-9-20)22-6-3-7-23(30-22)31-15-10-21(16-31)28-18-25(11-14-27-17-25)19-4-1-2-5-19/h3,6-9,12-13,19,21,27-28H,1-2,4-5,10-11,14-18H2,(H,26,29,32)/t21-,25-/m1/s1. The van der Waals surface area contributed by atoms with E-state index in [0.29, 0.717) is 17.2 Å². The molecule has 0 spiro atoms. The van der Waals surface area contributed by atoms with Crippen LogP contribution in [0.2, 0.25) is 0 Å². The summed E-state index contributed by atoms with van der Waals surface area (Å²) < 4.78 is 0. The molecule has 2 aromatic rings. The zero-order valence-corrected chi connectivity index (χ0v) is 18.7. The molecule has 3 aliphatic rings. The third kappa shape index (κ3) is 4.64. The topological polar surface area (TPSA) is 82.2 Å².